The van der Waals surface area contributed by atoms with Gasteiger partial charge in [0.25, 0.3) is 11.8 Å². The molecule has 3 rings (SSSR count). The maximum Gasteiger partial charge on any atom is 0.288 e. The van der Waals surface area contributed by atoms with Gasteiger partial charge in [0.15, 0.2) is 5.69 Å². The van der Waals surface area contributed by atoms with Crippen molar-refractivity contribution in [1.29, 1.82) is 0 Å². The lowest BCUT2D eigenvalue weighted by Crippen LogP contribution is -2.41. The highest BCUT2D eigenvalue weighted by Gasteiger charge is 2.23. The van der Waals surface area contributed by atoms with Crippen molar-refractivity contribution in [2.75, 3.05) is 13.7 Å². The summed E-state index contributed by atoms with van der Waals surface area (Å²) in [7, 11) is 1.62. The quantitative estimate of drug-likeness (QED) is 0.673. The fraction of sp³-hybridized carbons (Fsp3) is 0.318. The van der Waals surface area contributed by atoms with E-state index in [1.807, 2.05) is 51.1 Å². The first kappa shape index (κ1) is 20.4. The van der Waals surface area contributed by atoms with Gasteiger partial charge < -0.3 is 15.4 Å². The average molecular weight is 394 g/mol. The molecule has 0 saturated carbocycles. The predicted octanol–water partition coefficient (Wildman–Crippen LogP) is 2.84. The van der Waals surface area contributed by atoms with E-state index in [1.54, 1.807) is 29.8 Å². The Hall–Kier alpha value is -3.35. The molecule has 0 atom stereocenters. The monoisotopic (exact) mass is 394 g/mol. The number of carbonyl (C=O) groups is 2. The summed E-state index contributed by atoms with van der Waals surface area (Å²) in [5.41, 5.74) is 1.47. The number of nitrogens with zero attached hydrogens (tertiary/aromatic N) is 2. The van der Waals surface area contributed by atoms with Crippen molar-refractivity contribution in [1.82, 2.24) is 20.0 Å². The highest BCUT2D eigenvalue weighted by atomic mass is 16.5. The molecule has 29 heavy (non-hydrogen) atoms. The molecule has 3 aromatic rings. The van der Waals surface area contributed by atoms with Crippen LogP contribution in [0.4, 0.5) is 0 Å². The Bertz CT molecular complexity index is 1030. The van der Waals surface area contributed by atoms with Crippen LogP contribution in [0.1, 0.15) is 47.4 Å². The van der Waals surface area contributed by atoms with Gasteiger partial charge in [-0.25, -0.2) is 4.98 Å². The summed E-state index contributed by atoms with van der Waals surface area (Å²) in [6.07, 6.45) is 2.39. The minimum Gasteiger partial charge on any atom is -0.497 e. The van der Waals surface area contributed by atoms with E-state index >= 15 is 0 Å². The predicted molar refractivity (Wildman–Crippen MR) is 111 cm³/mol. The van der Waals surface area contributed by atoms with Crippen molar-refractivity contribution in [3.8, 4) is 5.75 Å². The third-order valence-electron chi connectivity index (χ3n) is 4.29. The maximum atomic E-state index is 12.7. The highest BCUT2D eigenvalue weighted by molar-refractivity contribution is 6.02. The van der Waals surface area contributed by atoms with Crippen LogP contribution in [-0.2, 0) is 6.42 Å². The SMILES string of the molecule is COc1cccc(CCNC(=O)c2nc(C(=O)NC(C)(C)C)n3ccccc23)c1. The molecule has 0 fully saturated rings. The van der Waals surface area contributed by atoms with Gasteiger partial charge in [0.1, 0.15) is 5.75 Å². The van der Waals surface area contributed by atoms with E-state index in [9.17, 15) is 9.59 Å². The van der Waals surface area contributed by atoms with Crippen LogP contribution in [0.5, 0.6) is 5.75 Å². The van der Waals surface area contributed by atoms with Crippen molar-refractivity contribution < 1.29 is 14.3 Å². The number of benzene rings is 1. The zero-order chi connectivity index (χ0) is 21.0. The molecule has 0 bridgehead atoms. The number of rotatable bonds is 6. The number of amides is 2. The number of hydrogen-bond donors (Lipinski definition) is 2. The van der Waals surface area contributed by atoms with Crippen LogP contribution in [-0.4, -0.2) is 40.4 Å². The Kier molecular flexibility index (Phi) is 5.87. The third-order valence-corrected chi connectivity index (χ3v) is 4.29. The van der Waals surface area contributed by atoms with E-state index in [1.165, 1.54) is 0 Å². The molecule has 0 unspecified atom stereocenters. The van der Waals surface area contributed by atoms with Crippen molar-refractivity contribution in [3.05, 3.63) is 65.7 Å². The number of fused-ring (bicyclic) bond motifs is 1. The average Bonchev–Trinajstić information content (AvgIpc) is 3.07. The Morgan fingerprint density at radius 3 is 2.62 bits per heavy atom. The molecule has 0 saturated heterocycles. The summed E-state index contributed by atoms with van der Waals surface area (Å²) in [5.74, 6) is 0.331. The van der Waals surface area contributed by atoms with Gasteiger partial charge in [-0.15, -0.1) is 0 Å². The summed E-state index contributed by atoms with van der Waals surface area (Å²) < 4.78 is 6.86. The molecule has 0 aliphatic carbocycles. The molecule has 7 heteroatoms. The first-order chi connectivity index (χ1) is 13.8. The van der Waals surface area contributed by atoms with Gasteiger partial charge in [-0.1, -0.05) is 18.2 Å². The van der Waals surface area contributed by atoms with E-state index in [-0.39, 0.29) is 23.3 Å². The normalized spacial score (nSPS) is 11.3. The van der Waals surface area contributed by atoms with Crippen LogP contribution < -0.4 is 15.4 Å². The lowest BCUT2D eigenvalue weighted by Gasteiger charge is -2.19. The zero-order valence-electron chi connectivity index (χ0n) is 17.2. The fourth-order valence-corrected chi connectivity index (χ4v) is 2.99. The standard InChI is InChI=1S/C22H26N4O3/c1-22(2,3)25-21(28)19-24-18(17-10-5-6-13-26(17)19)20(27)23-12-11-15-8-7-9-16(14-15)29-4/h5-10,13-14H,11-12H2,1-4H3,(H,23,27)(H,25,28). The lowest BCUT2D eigenvalue weighted by molar-refractivity contribution is 0.0908. The molecule has 0 radical (unpaired) electrons. The van der Waals surface area contributed by atoms with Gasteiger partial charge in [0, 0.05) is 18.3 Å². The lowest BCUT2D eigenvalue weighted by atomic mass is 10.1. The summed E-state index contributed by atoms with van der Waals surface area (Å²) in [5, 5.41) is 5.78. The van der Waals surface area contributed by atoms with E-state index < -0.39 is 5.54 Å². The molecule has 2 N–H and O–H groups in total. The van der Waals surface area contributed by atoms with Crippen LogP contribution in [0.3, 0.4) is 0 Å². The summed E-state index contributed by atoms with van der Waals surface area (Å²) in [6, 6.07) is 13.1. The first-order valence-corrected chi connectivity index (χ1v) is 9.49. The van der Waals surface area contributed by atoms with Crippen molar-refractivity contribution >= 4 is 17.3 Å². The van der Waals surface area contributed by atoms with Gasteiger partial charge >= 0.3 is 0 Å². The summed E-state index contributed by atoms with van der Waals surface area (Å²) in [4.78, 5) is 29.7. The molecule has 1 aromatic carbocycles. The molecular formula is C22H26N4O3. The van der Waals surface area contributed by atoms with E-state index in [0.29, 0.717) is 18.5 Å². The van der Waals surface area contributed by atoms with E-state index in [2.05, 4.69) is 15.6 Å². The van der Waals surface area contributed by atoms with Gasteiger partial charge in [-0.3, -0.25) is 14.0 Å². The Labute approximate surface area is 170 Å². The molecule has 2 amide bonds. The Morgan fingerprint density at radius 1 is 1.10 bits per heavy atom. The Morgan fingerprint density at radius 2 is 1.90 bits per heavy atom. The van der Waals surface area contributed by atoms with Crippen LogP contribution >= 0.6 is 0 Å². The van der Waals surface area contributed by atoms with Crippen molar-refractivity contribution in [3.63, 3.8) is 0 Å². The van der Waals surface area contributed by atoms with Gasteiger partial charge in [-0.2, -0.15) is 0 Å². The molecule has 0 aliphatic heterocycles. The van der Waals surface area contributed by atoms with Crippen molar-refractivity contribution in [2.45, 2.75) is 32.7 Å². The molecule has 0 aliphatic rings. The van der Waals surface area contributed by atoms with Gasteiger partial charge in [-0.05, 0) is 57.0 Å². The number of imidazole rings is 1. The fourth-order valence-electron chi connectivity index (χ4n) is 2.99. The largest absolute Gasteiger partial charge is 0.497 e. The third kappa shape index (κ3) is 4.93. The second kappa shape index (κ2) is 8.34. The second-order valence-electron chi connectivity index (χ2n) is 7.80. The molecule has 2 heterocycles. The minimum absolute atomic E-state index is 0.188. The number of aromatic nitrogens is 2. The summed E-state index contributed by atoms with van der Waals surface area (Å²) in [6.45, 7) is 6.13. The second-order valence-corrected chi connectivity index (χ2v) is 7.80. The minimum atomic E-state index is -0.406. The molecular weight excluding hydrogens is 368 g/mol. The molecule has 152 valence electrons. The maximum absolute atomic E-state index is 12.7. The zero-order valence-corrected chi connectivity index (χ0v) is 17.2. The number of nitrogens with one attached hydrogen (secondary N) is 2. The smallest absolute Gasteiger partial charge is 0.288 e. The topological polar surface area (TPSA) is 84.7 Å². The van der Waals surface area contributed by atoms with Gasteiger partial charge in [0.05, 0.1) is 12.6 Å². The van der Waals surface area contributed by atoms with Gasteiger partial charge in [0.2, 0.25) is 5.82 Å². The number of hydrogen-bond acceptors (Lipinski definition) is 4. The van der Waals surface area contributed by atoms with Crippen LogP contribution in [0, 0.1) is 0 Å². The highest BCUT2D eigenvalue weighted by Crippen LogP contribution is 2.15. The number of pyridine rings is 1. The molecule has 7 nitrogen and oxygen atoms in total. The number of carbonyl (C=O) groups excluding carboxylic acids is 2. The molecule has 2 aromatic heterocycles. The van der Waals surface area contributed by atoms with Crippen LogP contribution in [0.15, 0.2) is 48.7 Å². The van der Waals surface area contributed by atoms with Crippen LogP contribution in [0.25, 0.3) is 5.52 Å². The number of methoxy groups -OCH3 is 1. The number of ether oxygens (including phenoxy) is 1. The van der Waals surface area contributed by atoms with Crippen LogP contribution in [0.2, 0.25) is 0 Å². The van der Waals surface area contributed by atoms with E-state index in [0.717, 1.165) is 11.3 Å². The van der Waals surface area contributed by atoms with Crippen molar-refractivity contribution in [2.24, 2.45) is 0 Å². The summed E-state index contributed by atoms with van der Waals surface area (Å²) >= 11 is 0. The Balaban J connectivity index is 1.76. The first-order valence-electron chi connectivity index (χ1n) is 9.49. The van der Waals surface area contributed by atoms with E-state index in [4.69, 9.17) is 4.74 Å². The molecule has 0 spiro atoms.